The van der Waals surface area contributed by atoms with E-state index < -0.39 is 0 Å². The van der Waals surface area contributed by atoms with Gasteiger partial charge in [0.15, 0.2) is 11.5 Å². The molecule has 5 nitrogen and oxygen atoms in total. The molecule has 3 heterocycles. The van der Waals surface area contributed by atoms with Gasteiger partial charge in [0.05, 0.1) is 10.9 Å². The topological polar surface area (TPSA) is 53.4 Å². The molecule has 0 unspecified atom stereocenters. The molecule has 124 valence electrons. The second-order valence-corrected chi connectivity index (χ2v) is 6.52. The van der Waals surface area contributed by atoms with Gasteiger partial charge in [-0.15, -0.1) is 0 Å². The minimum atomic E-state index is -0.0448. The molecular formula is C19H13ClN2O3. The third kappa shape index (κ3) is 2.31. The molecule has 0 radical (unpaired) electrons. The quantitative estimate of drug-likeness (QED) is 0.669. The van der Waals surface area contributed by atoms with Crippen LogP contribution in [0.1, 0.15) is 17.8 Å². The number of hydrogen-bond donors (Lipinski definition) is 0. The van der Waals surface area contributed by atoms with Crippen molar-refractivity contribution in [1.82, 2.24) is 9.55 Å². The molecule has 0 saturated carbocycles. The molecule has 0 bridgehead atoms. The average Bonchev–Trinajstić information content (AvgIpc) is 3.23. The average molecular weight is 353 g/mol. The number of benzene rings is 2. The molecule has 0 fully saturated rings. The largest absolute Gasteiger partial charge is 0.454 e. The van der Waals surface area contributed by atoms with Crippen LogP contribution in [0.5, 0.6) is 11.5 Å². The van der Waals surface area contributed by atoms with Gasteiger partial charge < -0.3 is 9.47 Å². The van der Waals surface area contributed by atoms with Crippen molar-refractivity contribution in [3.63, 3.8) is 0 Å². The van der Waals surface area contributed by atoms with E-state index in [0.717, 1.165) is 34.9 Å². The van der Waals surface area contributed by atoms with E-state index in [-0.39, 0.29) is 12.4 Å². The van der Waals surface area contributed by atoms with Crippen molar-refractivity contribution in [1.29, 1.82) is 0 Å². The van der Waals surface area contributed by atoms with Gasteiger partial charge in [0.1, 0.15) is 5.82 Å². The standard InChI is InChI=1S/C19H13ClN2O3/c20-13-2-3-15-14(9-13)19(23)22-6-5-12(18(22)21-15)7-11-1-4-16-17(8-11)25-10-24-16/h1-4,7-9H,5-6,10H2/b12-7-. The lowest BCUT2D eigenvalue weighted by Gasteiger charge is -2.06. The van der Waals surface area contributed by atoms with E-state index in [9.17, 15) is 4.79 Å². The van der Waals surface area contributed by atoms with E-state index in [1.54, 1.807) is 22.8 Å². The van der Waals surface area contributed by atoms with Gasteiger partial charge in [-0.2, -0.15) is 0 Å². The van der Waals surface area contributed by atoms with E-state index in [1.807, 2.05) is 18.2 Å². The highest BCUT2D eigenvalue weighted by Crippen LogP contribution is 2.34. The van der Waals surface area contributed by atoms with Crippen LogP contribution in [0, 0.1) is 0 Å². The summed E-state index contributed by atoms with van der Waals surface area (Å²) in [6.45, 7) is 0.879. The number of hydrogen-bond acceptors (Lipinski definition) is 4. The van der Waals surface area contributed by atoms with E-state index >= 15 is 0 Å². The van der Waals surface area contributed by atoms with Gasteiger partial charge in [0.2, 0.25) is 6.79 Å². The van der Waals surface area contributed by atoms with Crippen LogP contribution in [0.4, 0.5) is 0 Å². The molecule has 6 heteroatoms. The molecule has 0 atom stereocenters. The summed E-state index contributed by atoms with van der Waals surface area (Å²) >= 11 is 6.01. The Morgan fingerprint density at radius 1 is 1.12 bits per heavy atom. The molecular weight excluding hydrogens is 340 g/mol. The maximum atomic E-state index is 12.7. The molecule has 2 aliphatic rings. The highest BCUT2D eigenvalue weighted by atomic mass is 35.5. The number of ether oxygens (including phenoxy) is 2. The Balaban J connectivity index is 1.64. The molecule has 0 aliphatic carbocycles. The first-order valence-corrected chi connectivity index (χ1v) is 8.37. The highest BCUT2D eigenvalue weighted by molar-refractivity contribution is 6.31. The van der Waals surface area contributed by atoms with Gasteiger partial charge >= 0.3 is 0 Å². The number of fused-ring (bicyclic) bond motifs is 3. The van der Waals surface area contributed by atoms with Gasteiger partial charge in [-0.3, -0.25) is 9.36 Å². The predicted octanol–water partition coefficient (Wildman–Crippen LogP) is 3.72. The van der Waals surface area contributed by atoms with Crippen molar-refractivity contribution in [2.45, 2.75) is 13.0 Å². The third-order valence-electron chi connectivity index (χ3n) is 4.55. The zero-order chi connectivity index (χ0) is 17.0. The number of nitrogens with zero attached hydrogens (tertiary/aromatic N) is 2. The van der Waals surface area contributed by atoms with Gasteiger partial charge in [-0.25, -0.2) is 4.98 Å². The van der Waals surface area contributed by atoms with Crippen LogP contribution in [-0.2, 0) is 6.54 Å². The van der Waals surface area contributed by atoms with Crippen LogP contribution >= 0.6 is 11.6 Å². The Morgan fingerprint density at radius 2 is 2.00 bits per heavy atom. The summed E-state index contributed by atoms with van der Waals surface area (Å²) in [6, 6.07) is 11.0. The molecule has 1 aromatic heterocycles. The van der Waals surface area contributed by atoms with Gasteiger partial charge in [-0.05, 0) is 54.0 Å². The fourth-order valence-corrected chi connectivity index (χ4v) is 3.50. The summed E-state index contributed by atoms with van der Waals surface area (Å²) in [5.41, 5.74) is 2.65. The summed E-state index contributed by atoms with van der Waals surface area (Å²) in [5, 5.41) is 1.10. The number of allylic oxidation sites excluding steroid dienone is 1. The van der Waals surface area contributed by atoms with E-state index in [4.69, 9.17) is 21.1 Å². The SMILES string of the molecule is O=c1c2cc(Cl)ccc2nc2n1CC/C2=C/c1ccc2c(c1)OCO2. The molecule has 3 aromatic rings. The third-order valence-corrected chi connectivity index (χ3v) is 4.78. The second kappa shape index (κ2) is 5.36. The summed E-state index contributed by atoms with van der Waals surface area (Å²) < 4.78 is 12.5. The van der Waals surface area contributed by atoms with Gasteiger partial charge in [0.25, 0.3) is 5.56 Å². The number of rotatable bonds is 1. The second-order valence-electron chi connectivity index (χ2n) is 6.09. The Kier molecular flexibility index (Phi) is 3.12. The number of aromatic nitrogens is 2. The first kappa shape index (κ1) is 14.5. The summed E-state index contributed by atoms with van der Waals surface area (Å²) in [6.07, 6.45) is 2.82. The fourth-order valence-electron chi connectivity index (χ4n) is 3.33. The lowest BCUT2D eigenvalue weighted by atomic mass is 10.1. The van der Waals surface area contributed by atoms with Crippen LogP contribution < -0.4 is 15.0 Å². The van der Waals surface area contributed by atoms with Crippen LogP contribution in [0.15, 0.2) is 41.2 Å². The highest BCUT2D eigenvalue weighted by Gasteiger charge is 2.21. The van der Waals surface area contributed by atoms with E-state index in [2.05, 4.69) is 11.1 Å². The molecule has 0 N–H and O–H groups in total. The maximum Gasteiger partial charge on any atom is 0.261 e. The van der Waals surface area contributed by atoms with Crippen molar-refractivity contribution in [3.05, 3.63) is 63.2 Å². The van der Waals surface area contributed by atoms with Crippen molar-refractivity contribution in [3.8, 4) is 11.5 Å². The minimum Gasteiger partial charge on any atom is -0.454 e. The van der Waals surface area contributed by atoms with Crippen molar-refractivity contribution in [2.75, 3.05) is 6.79 Å². The van der Waals surface area contributed by atoms with Crippen LogP contribution in [0.25, 0.3) is 22.6 Å². The summed E-state index contributed by atoms with van der Waals surface area (Å²) in [7, 11) is 0. The Bertz CT molecular complexity index is 1120. The zero-order valence-electron chi connectivity index (χ0n) is 13.2. The van der Waals surface area contributed by atoms with E-state index in [1.165, 1.54) is 0 Å². The summed E-state index contributed by atoms with van der Waals surface area (Å²) in [5.74, 6) is 2.22. The van der Waals surface area contributed by atoms with Crippen molar-refractivity contribution < 1.29 is 9.47 Å². The van der Waals surface area contributed by atoms with Gasteiger partial charge in [0, 0.05) is 11.6 Å². The maximum absolute atomic E-state index is 12.7. The van der Waals surface area contributed by atoms with E-state index in [0.29, 0.717) is 22.5 Å². The van der Waals surface area contributed by atoms with Crippen molar-refractivity contribution in [2.24, 2.45) is 0 Å². The monoisotopic (exact) mass is 352 g/mol. The Labute approximate surface area is 148 Å². The molecule has 0 saturated heterocycles. The Hall–Kier alpha value is -2.79. The lowest BCUT2D eigenvalue weighted by Crippen LogP contribution is -2.20. The summed E-state index contributed by atoms with van der Waals surface area (Å²) in [4.78, 5) is 17.4. The molecule has 0 spiro atoms. The van der Waals surface area contributed by atoms with Crippen molar-refractivity contribution >= 4 is 34.2 Å². The number of halogens is 1. The molecule has 2 aromatic carbocycles. The van der Waals surface area contributed by atoms with Gasteiger partial charge in [-0.1, -0.05) is 17.7 Å². The minimum absolute atomic E-state index is 0.0448. The first-order valence-electron chi connectivity index (χ1n) is 8.00. The smallest absolute Gasteiger partial charge is 0.261 e. The fraction of sp³-hybridized carbons (Fsp3) is 0.158. The normalized spacial score (nSPS) is 16.6. The molecule has 0 amide bonds. The first-order chi connectivity index (χ1) is 12.2. The lowest BCUT2D eigenvalue weighted by molar-refractivity contribution is 0.174. The van der Waals surface area contributed by atoms with Crippen LogP contribution in [-0.4, -0.2) is 16.3 Å². The molecule has 25 heavy (non-hydrogen) atoms. The predicted molar refractivity (Wildman–Crippen MR) is 96.1 cm³/mol. The van der Waals surface area contributed by atoms with Crippen LogP contribution in [0.3, 0.4) is 0 Å². The Morgan fingerprint density at radius 3 is 2.92 bits per heavy atom. The zero-order valence-corrected chi connectivity index (χ0v) is 13.9. The molecule has 5 rings (SSSR count). The van der Waals surface area contributed by atoms with Crippen LogP contribution in [0.2, 0.25) is 5.02 Å². The molecule has 2 aliphatic heterocycles.